The van der Waals surface area contributed by atoms with Crippen molar-refractivity contribution in [1.82, 2.24) is 9.88 Å². The van der Waals surface area contributed by atoms with Crippen LogP contribution in [0.3, 0.4) is 0 Å². The minimum Gasteiger partial charge on any atom is -0.331 e. The molecule has 0 saturated heterocycles. The van der Waals surface area contributed by atoms with E-state index in [9.17, 15) is 4.79 Å². The second-order valence-electron chi connectivity index (χ2n) is 5.73. The van der Waals surface area contributed by atoms with Crippen molar-refractivity contribution in [3.8, 4) is 0 Å². The zero-order valence-electron chi connectivity index (χ0n) is 12.3. The quantitative estimate of drug-likeness (QED) is 0.839. The first-order chi connectivity index (χ1) is 10.3. The molecule has 2 aromatic rings. The second-order valence-corrected chi connectivity index (χ2v) is 5.73. The number of hydrogen-bond acceptors (Lipinski definition) is 2. The fourth-order valence-electron chi connectivity index (χ4n) is 2.67. The molecule has 3 nitrogen and oxygen atoms in total. The average molecular weight is 280 g/mol. The van der Waals surface area contributed by atoms with E-state index in [2.05, 4.69) is 24.0 Å². The van der Waals surface area contributed by atoms with Gasteiger partial charge in [-0.3, -0.25) is 9.78 Å². The molecule has 1 heterocycles. The number of hydrogen-bond donors (Lipinski definition) is 0. The minimum atomic E-state index is 0.0978. The summed E-state index contributed by atoms with van der Waals surface area (Å²) in [5, 5.41) is 0. The molecule has 1 aromatic carbocycles. The summed E-state index contributed by atoms with van der Waals surface area (Å²) in [5.74, 6) is 0.750. The van der Waals surface area contributed by atoms with Gasteiger partial charge < -0.3 is 4.90 Å². The first kappa shape index (κ1) is 13.8. The first-order valence-corrected chi connectivity index (χ1v) is 7.50. The SMILES string of the molecule is CC(C1CC1)N(Cc1ccccc1)C(=O)c1ccncc1. The van der Waals surface area contributed by atoms with Crippen molar-refractivity contribution in [1.29, 1.82) is 0 Å². The summed E-state index contributed by atoms with van der Waals surface area (Å²) in [4.78, 5) is 18.8. The molecule has 1 aromatic heterocycles. The van der Waals surface area contributed by atoms with Crippen LogP contribution < -0.4 is 0 Å². The molecule has 1 atom stereocenters. The van der Waals surface area contributed by atoms with Gasteiger partial charge in [0.1, 0.15) is 0 Å². The molecule has 1 unspecified atom stereocenters. The van der Waals surface area contributed by atoms with Crippen molar-refractivity contribution < 1.29 is 4.79 Å². The van der Waals surface area contributed by atoms with Crippen LogP contribution in [0.4, 0.5) is 0 Å². The molecule has 0 N–H and O–H groups in total. The Labute approximate surface area is 125 Å². The Balaban J connectivity index is 1.83. The van der Waals surface area contributed by atoms with Gasteiger partial charge in [0.25, 0.3) is 5.91 Å². The maximum Gasteiger partial charge on any atom is 0.254 e. The predicted molar refractivity (Wildman–Crippen MR) is 82.7 cm³/mol. The summed E-state index contributed by atoms with van der Waals surface area (Å²) in [6.45, 7) is 2.83. The lowest BCUT2D eigenvalue weighted by atomic mass is 10.1. The monoisotopic (exact) mass is 280 g/mol. The number of rotatable bonds is 5. The van der Waals surface area contributed by atoms with Crippen molar-refractivity contribution in [3.63, 3.8) is 0 Å². The molecular formula is C18H20N2O. The molecule has 1 saturated carbocycles. The van der Waals surface area contributed by atoms with Crippen LogP contribution in [-0.4, -0.2) is 21.8 Å². The predicted octanol–water partition coefficient (Wildman–Crippen LogP) is 3.52. The first-order valence-electron chi connectivity index (χ1n) is 7.50. The van der Waals surface area contributed by atoms with E-state index in [0.717, 1.165) is 0 Å². The van der Waals surface area contributed by atoms with E-state index in [1.807, 2.05) is 23.1 Å². The van der Waals surface area contributed by atoms with Crippen LogP contribution in [0.25, 0.3) is 0 Å². The van der Waals surface area contributed by atoms with Crippen LogP contribution >= 0.6 is 0 Å². The number of carbonyl (C=O) groups is 1. The maximum atomic E-state index is 12.8. The van der Waals surface area contributed by atoms with Crippen LogP contribution in [0.5, 0.6) is 0 Å². The van der Waals surface area contributed by atoms with Crippen molar-refractivity contribution in [2.24, 2.45) is 5.92 Å². The molecular weight excluding hydrogens is 260 g/mol. The highest BCUT2D eigenvalue weighted by molar-refractivity contribution is 5.94. The van der Waals surface area contributed by atoms with E-state index in [1.165, 1.54) is 18.4 Å². The van der Waals surface area contributed by atoms with Crippen molar-refractivity contribution in [2.45, 2.75) is 32.4 Å². The number of carbonyl (C=O) groups excluding carboxylic acids is 1. The summed E-state index contributed by atoms with van der Waals surface area (Å²) in [7, 11) is 0. The molecule has 108 valence electrons. The van der Waals surface area contributed by atoms with Gasteiger partial charge in [-0.05, 0) is 43.4 Å². The second kappa shape index (κ2) is 6.08. The van der Waals surface area contributed by atoms with Crippen LogP contribution in [0.1, 0.15) is 35.7 Å². The van der Waals surface area contributed by atoms with E-state index in [0.29, 0.717) is 18.0 Å². The van der Waals surface area contributed by atoms with Gasteiger partial charge in [-0.25, -0.2) is 0 Å². The van der Waals surface area contributed by atoms with E-state index in [4.69, 9.17) is 0 Å². The summed E-state index contributed by atoms with van der Waals surface area (Å²) < 4.78 is 0. The van der Waals surface area contributed by atoms with Gasteiger partial charge in [-0.2, -0.15) is 0 Å². The molecule has 1 fully saturated rings. The molecule has 1 amide bonds. The Bertz CT molecular complexity index is 593. The lowest BCUT2D eigenvalue weighted by Gasteiger charge is -2.29. The number of aromatic nitrogens is 1. The molecule has 1 aliphatic carbocycles. The molecule has 1 aliphatic rings. The number of nitrogens with zero attached hydrogens (tertiary/aromatic N) is 2. The molecule has 0 spiro atoms. The van der Waals surface area contributed by atoms with Gasteiger partial charge in [-0.15, -0.1) is 0 Å². The molecule has 21 heavy (non-hydrogen) atoms. The average Bonchev–Trinajstić information content (AvgIpc) is 3.38. The van der Waals surface area contributed by atoms with Gasteiger partial charge >= 0.3 is 0 Å². The fraction of sp³-hybridized carbons (Fsp3) is 0.333. The number of amides is 1. The molecule has 0 aliphatic heterocycles. The van der Waals surface area contributed by atoms with E-state index in [1.54, 1.807) is 24.5 Å². The van der Waals surface area contributed by atoms with Crippen LogP contribution in [0.2, 0.25) is 0 Å². The highest BCUT2D eigenvalue weighted by Gasteiger charge is 2.34. The summed E-state index contributed by atoms with van der Waals surface area (Å²) in [6, 6.07) is 14.1. The van der Waals surface area contributed by atoms with Gasteiger partial charge in [0.05, 0.1) is 0 Å². The van der Waals surface area contributed by atoms with Crippen LogP contribution in [0.15, 0.2) is 54.9 Å². The highest BCUT2D eigenvalue weighted by atomic mass is 16.2. The van der Waals surface area contributed by atoms with Gasteiger partial charge in [0.15, 0.2) is 0 Å². The van der Waals surface area contributed by atoms with E-state index < -0.39 is 0 Å². The molecule has 0 bridgehead atoms. The van der Waals surface area contributed by atoms with E-state index >= 15 is 0 Å². The van der Waals surface area contributed by atoms with Crippen molar-refractivity contribution >= 4 is 5.91 Å². The Morgan fingerprint density at radius 3 is 2.48 bits per heavy atom. The third-order valence-corrected chi connectivity index (χ3v) is 4.18. The summed E-state index contributed by atoms with van der Waals surface area (Å²) in [6.07, 6.45) is 5.82. The summed E-state index contributed by atoms with van der Waals surface area (Å²) in [5.41, 5.74) is 1.89. The van der Waals surface area contributed by atoms with E-state index in [-0.39, 0.29) is 11.9 Å². The smallest absolute Gasteiger partial charge is 0.254 e. The third-order valence-electron chi connectivity index (χ3n) is 4.18. The van der Waals surface area contributed by atoms with Crippen molar-refractivity contribution in [3.05, 3.63) is 66.0 Å². The number of pyridine rings is 1. The third kappa shape index (κ3) is 3.30. The van der Waals surface area contributed by atoms with Crippen molar-refractivity contribution in [2.75, 3.05) is 0 Å². The maximum absolute atomic E-state index is 12.8. The summed E-state index contributed by atoms with van der Waals surface area (Å²) >= 11 is 0. The lowest BCUT2D eigenvalue weighted by Crippen LogP contribution is -2.39. The Morgan fingerprint density at radius 2 is 1.86 bits per heavy atom. The van der Waals surface area contributed by atoms with Gasteiger partial charge in [0, 0.05) is 30.5 Å². The largest absolute Gasteiger partial charge is 0.331 e. The fourth-order valence-corrected chi connectivity index (χ4v) is 2.67. The van der Waals surface area contributed by atoms with Gasteiger partial charge in [-0.1, -0.05) is 30.3 Å². The zero-order chi connectivity index (χ0) is 14.7. The van der Waals surface area contributed by atoms with Gasteiger partial charge in [0.2, 0.25) is 0 Å². The van der Waals surface area contributed by atoms with Crippen LogP contribution in [-0.2, 0) is 6.54 Å². The molecule has 0 radical (unpaired) electrons. The minimum absolute atomic E-state index is 0.0978. The topological polar surface area (TPSA) is 33.2 Å². The Kier molecular flexibility index (Phi) is 4.00. The molecule has 3 heteroatoms. The standard InChI is InChI=1S/C18H20N2O/c1-14(16-7-8-16)20(13-15-5-3-2-4-6-15)18(21)17-9-11-19-12-10-17/h2-6,9-12,14,16H,7-8,13H2,1H3. The number of benzene rings is 1. The highest BCUT2D eigenvalue weighted by Crippen LogP contribution is 2.36. The zero-order valence-corrected chi connectivity index (χ0v) is 12.3. The Hall–Kier alpha value is -2.16. The molecule has 3 rings (SSSR count). The normalized spacial score (nSPS) is 15.5. The Morgan fingerprint density at radius 1 is 1.19 bits per heavy atom. The lowest BCUT2D eigenvalue weighted by molar-refractivity contribution is 0.0654. The van der Waals surface area contributed by atoms with Crippen LogP contribution in [0, 0.1) is 5.92 Å².